The quantitative estimate of drug-likeness (QED) is 0.880. The predicted molar refractivity (Wildman–Crippen MR) is 74.6 cm³/mol. The Balaban J connectivity index is 2.41. The van der Waals surface area contributed by atoms with Gasteiger partial charge in [-0.2, -0.15) is 0 Å². The summed E-state index contributed by atoms with van der Waals surface area (Å²) in [5.74, 6) is 1.35. The fourth-order valence-electron chi connectivity index (χ4n) is 2.14. The summed E-state index contributed by atoms with van der Waals surface area (Å²) in [4.78, 5) is 4.67. The maximum atomic E-state index is 10.1. The zero-order valence-corrected chi connectivity index (χ0v) is 11.4. The van der Waals surface area contributed by atoms with E-state index < -0.39 is 0 Å². The van der Waals surface area contributed by atoms with Crippen LogP contribution in [-0.4, -0.2) is 20.8 Å². The molecule has 1 atom stereocenters. The first-order chi connectivity index (χ1) is 8.63. The molecule has 0 aliphatic heterocycles. The number of hydrogen-bond acceptors (Lipinski definition) is 2. The van der Waals surface area contributed by atoms with Crippen LogP contribution in [0.4, 0.5) is 0 Å². The van der Waals surface area contributed by atoms with Gasteiger partial charge in [0.25, 0.3) is 0 Å². The molecule has 1 aromatic carbocycles. The van der Waals surface area contributed by atoms with Crippen LogP contribution in [0.5, 0.6) is 0 Å². The van der Waals surface area contributed by atoms with Gasteiger partial charge in [0.1, 0.15) is 5.82 Å². The molecule has 0 saturated heterocycles. The average Bonchev–Trinajstić information content (AvgIpc) is 2.68. The van der Waals surface area contributed by atoms with Crippen molar-refractivity contribution in [3.63, 3.8) is 0 Å². The van der Waals surface area contributed by atoms with Gasteiger partial charge in [-0.25, -0.2) is 4.98 Å². The summed E-state index contributed by atoms with van der Waals surface area (Å²) < 4.78 is 2.17. The van der Waals surface area contributed by atoms with Gasteiger partial charge in [-0.1, -0.05) is 32.9 Å². The number of imidazole rings is 1. The third kappa shape index (κ3) is 2.56. The maximum Gasteiger partial charge on any atom is 0.109 e. The number of hydrogen-bond donors (Lipinski definition) is 1. The minimum Gasteiger partial charge on any atom is -0.391 e. The Morgan fingerprint density at radius 2 is 2.00 bits per heavy atom. The normalized spacial score (nSPS) is 13.4. The summed E-state index contributed by atoms with van der Waals surface area (Å²) in [5, 5.41) is 10.1. The van der Waals surface area contributed by atoms with Crippen LogP contribution < -0.4 is 0 Å². The van der Waals surface area contributed by atoms with Crippen molar-refractivity contribution >= 4 is 11.0 Å². The van der Waals surface area contributed by atoms with Gasteiger partial charge in [0.05, 0.1) is 23.7 Å². The number of aryl methyl sites for hydroxylation is 1. The summed E-state index contributed by atoms with van der Waals surface area (Å²) in [6, 6.07) is 8.15. The first-order valence-electron chi connectivity index (χ1n) is 6.75. The first kappa shape index (κ1) is 13.1. The Kier molecular flexibility index (Phi) is 4.02. The van der Waals surface area contributed by atoms with Gasteiger partial charge >= 0.3 is 0 Å². The van der Waals surface area contributed by atoms with Crippen LogP contribution in [0.3, 0.4) is 0 Å². The average molecular weight is 246 g/mol. The molecule has 2 rings (SSSR count). The second-order valence-corrected chi connectivity index (χ2v) is 5.19. The monoisotopic (exact) mass is 246 g/mol. The molecule has 1 aromatic heterocycles. The van der Waals surface area contributed by atoms with Gasteiger partial charge in [0, 0.05) is 6.42 Å². The number of rotatable bonds is 5. The lowest BCUT2D eigenvalue weighted by molar-refractivity contribution is 0.107. The topological polar surface area (TPSA) is 38.0 Å². The molecule has 18 heavy (non-hydrogen) atoms. The first-order valence-corrected chi connectivity index (χ1v) is 6.75. The number of aliphatic hydroxyl groups excluding tert-OH is 1. The molecule has 0 amide bonds. The molecule has 0 aliphatic carbocycles. The van der Waals surface area contributed by atoms with Gasteiger partial charge < -0.3 is 9.67 Å². The molecule has 3 nitrogen and oxygen atoms in total. The number of aromatic nitrogens is 2. The Bertz CT molecular complexity index is 516. The van der Waals surface area contributed by atoms with E-state index >= 15 is 0 Å². The van der Waals surface area contributed by atoms with E-state index in [1.807, 2.05) is 32.0 Å². The highest BCUT2D eigenvalue weighted by atomic mass is 16.3. The van der Waals surface area contributed by atoms with E-state index in [0.29, 0.717) is 6.54 Å². The molecule has 0 fully saturated rings. The molecule has 3 heteroatoms. The third-order valence-corrected chi connectivity index (χ3v) is 3.35. The molecule has 1 heterocycles. The summed E-state index contributed by atoms with van der Waals surface area (Å²) in [5.41, 5.74) is 2.15. The minimum atomic E-state index is -0.321. The molecule has 0 radical (unpaired) electrons. The van der Waals surface area contributed by atoms with Crippen LogP contribution in [0.25, 0.3) is 11.0 Å². The van der Waals surface area contributed by atoms with Crippen molar-refractivity contribution in [2.24, 2.45) is 5.92 Å². The second kappa shape index (κ2) is 5.53. The smallest absolute Gasteiger partial charge is 0.109 e. The minimum absolute atomic E-state index is 0.264. The summed E-state index contributed by atoms with van der Waals surface area (Å²) in [7, 11) is 0. The van der Waals surface area contributed by atoms with Crippen molar-refractivity contribution in [2.45, 2.75) is 46.3 Å². The number of nitrogens with zero attached hydrogens (tertiary/aromatic N) is 2. The number of para-hydroxylation sites is 2. The van der Waals surface area contributed by atoms with Gasteiger partial charge in [-0.05, 0) is 24.5 Å². The zero-order chi connectivity index (χ0) is 13.1. The highest BCUT2D eigenvalue weighted by molar-refractivity contribution is 5.75. The summed E-state index contributed by atoms with van der Waals surface area (Å²) in [6.45, 7) is 6.88. The SMILES string of the molecule is CCCc1nc2ccccc2n1CC(O)C(C)C. The van der Waals surface area contributed by atoms with Crippen molar-refractivity contribution in [2.75, 3.05) is 0 Å². The van der Waals surface area contributed by atoms with Gasteiger partial charge in [-0.3, -0.25) is 0 Å². The van der Waals surface area contributed by atoms with Gasteiger partial charge in [0.15, 0.2) is 0 Å². The van der Waals surface area contributed by atoms with Crippen LogP contribution in [0.2, 0.25) is 0 Å². The fourth-order valence-corrected chi connectivity index (χ4v) is 2.14. The Labute approximate surface area is 108 Å². The lowest BCUT2D eigenvalue weighted by Crippen LogP contribution is -2.22. The van der Waals surface area contributed by atoms with Gasteiger partial charge in [0.2, 0.25) is 0 Å². The summed E-state index contributed by atoms with van der Waals surface area (Å²) >= 11 is 0. The molecule has 1 unspecified atom stereocenters. The van der Waals surface area contributed by atoms with Crippen LogP contribution in [0, 0.1) is 5.92 Å². The molecule has 1 N–H and O–H groups in total. The van der Waals surface area contributed by atoms with Crippen molar-refractivity contribution in [1.29, 1.82) is 0 Å². The molecule has 0 spiro atoms. The van der Waals surface area contributed by atoms with Crippen LogP contribution in [0.15, 0.2) is 24.3 Å². The molecule has 2 aromatic rings. The highest BCUT2D eigenvalue weighted by Gasteiger charge is 2.15. The van der Waals surface area contributed by atoms with E-state index in [2.05, 4.69) is 22.5 Å². The Hall–Kier alpha value is -1.35. The van der Waals surface area contributed by atoms with E-state index in [1.54, 1.807) is 0 Å². The molecular formula is C15H22N2O. The zero-order valence-electron chi connectivity index (χ0n) is 11.4. The van der Waals surface area contributed by atoms with E-state index in [9.17, 15) is 5.11 Å². The lowest BCUT2D eigenvalue weighted by atomic mass is 10.1. The Morgan fingerprint density at radius 1 is 1.28 bits per heavy atom. The molecule has 0 aliphatic rings. The standard InChI is InChI=1S/C15H22N2O/c1-4-7-15-16-12-8-5-6-9-13(12)17(15)10-14(18)11(2)3/h5-6,8-9,11,14,18H,4,7,10H2,1-3H3. The van der Waals surface area contributed by atoms with Crippen molar-refractivity contribution in [3.05, 3.63) is 30.1 Å². The van der Waals surface area contributed by atoms with Crippen LogP contribution >= 0.6 is 0 Å². The van der Waals surface area contributed by atoms with Gasteiger partial charge in [-0.15, -0.1) is 0 Å². The van der Waals surface area contributed by atoms with Crippen LogP contribution in [-0.2, 0) is 13.0 Å². The second-order valence-electron chi connectivity index (χ2n) is 5.19. The fraction of sp³-hybridized carbons (Fsp3) is 0.533. The van der Waals surface area contributed by atoms with Crippen molar-refractivity contribution in [1.82, 2.24) is 9.55 Å². The Morgan fingerprint density at radius 3 is 2.67 bits per heavy atom. The van der Waals surface area contributed by atoms with E-state index in [-0.39, 0.29) is 12.0 Å². The van der Waals surface area contributed by atoms with E-state index in [4.69, 9.17) is 0 Å². The van der Waals surface area contributed by atoms with E-state index in [1.165, 1.54) is 0 Å². The molecule has 0 bridgehead atoms. The molecule has 98 valence electrons. The lowest BCUT2D eigenvalue weighted by Gasteiger charge is -2.17. The predicted octanol–water partition coefficient (Wildman–Crippen LogP) is 3.01. The van der Waals surface area contributed by atoms with Crippen LogP contribution in [0.1, 0.15) is 33.0 Å². The molecular weight excluding hydrogens is 224 g/mol. The summed E-state index contributed by atoms with van der Waals surface area (Å²) in [6.07, 6.45) is 1.71. The molecule has 0 saturated carbocycles. The van der Waals surface area contributed by atoms with Crippen molar-refractivity contribution in [3.8, 4) is 0 Å². The maximum absolute atomic E-state index is 10.1. The highest BCUT2D eigenvalue weighted by Crippen LogP contribution is 2.19. The number of fused-ring (bicyclic) bond motifs is 1. The number of aliphatic hydroxyl groups is 1. The largest absolute Gasteiger partial charge is 0.391 e. The van der Waals surface area contributed by atoms with E-state index in [0.717, 1.165) is 29.7 Å². The van der Waals surface area contributed by atoms with Crippen molar-refractivity contribution < 1.29 is 5.11 Å². The number of benzene rings is 1. The third-order valence-electron chi connectivity index (χ3n) is 3.35.